The van der Waals surface area contributed by atoms with Crippen LogP contribution in [-0.2, 0) is 11.3 Å². The third kappa shape index (κ3) is 4.73. The van der Waals surface area contributed by atoms with Crippen molar-refractivity contribution in [3.8, 4) is 5.75 Å². The molecule has 8 heteroatoms. The van der Waals surface area contributed by atoms with E-state index in [0.29, 0.717) is 18.0 Å². The average Bonchev–Trinajstić information content (AvgIpc) is 2.96. The van der Waals surface area contributed by atoms with E-state index in [1.54, 1.807) is 14.2 Å². The Balaban J connectivity index is 0.00000243. The van der Waals surface area contributed by atoms with Gasteiger partial charge in [0, 0.05) is 55.6 Å². The minimum Gasteiger partial charge on any atom is -0.496 e. The number of rotatable bonds is 3. The topological polar surface area (TPSA) is 66.0 Å². The molecule has 2 aliphatic rings. The van der Waals surface area contributed by atoms with Crippen molar-refractivity contribution in [3.05, 3.63) is 28.8 Å². The number of ether oxygens (including phenoxy) is 1. The van der Waals surface area contributed by atoms with Crippen LogP contribution in [0.5, 0.6) is 5.75 Å². The van der Waals surface area contributed by atoms with Crippen LogP contribution in [0.15, 0.2) is 23.2 Å². The van der Waals surface area contributed by atoms with Crippen LogP contribution in [0.4, 0.5) is 0 Å². The summed E-state index contributed by atoms with van der Waals surface area (Å²) < 4.78 is 5.40. The molecule has 0 aromatic heterocycles. The second kappa shape index (κ2) is 9.12. The molecule has 3 rings (SSSR count). The second-order valence-electron chi connectivity index (χ2n) is 6.84. The lowest BCUT2D eigenvalue weighted by Gasteiger charge is -2.40. The van der Waals surface area contributed by atoms with Gasteiger partial charge in [0.1, 0.15) is 5.75 Å². The van der Waals surface area contributed by atoms with Crippen molar-refractivity contribution >= 4 is 47.4 Å². The molecule has 2 fully saturated rings. The van der Waals surface area contributed by atoms with Crippen molar-refractivity contribution < 1.29 is 9.53 Å². The van der Waals surface area contributed by atoms with E-state index in [1.165, 1.54) is 0 Å². The third-order valence-corrected chi connectivity index (χ3v) is 5.29. The summed E-state index contributed by atoms with van der Waals surface area (Å²) in [5.41, 5.74) is 1.07. The first-order valence-electron chi connectivity index (χ1n) is 8.60. The molecule has 1 atom stereocenters. The highest BCUT2D eigenvalue weighted by molar-refractivity contribution is 14.0. The minimum atomic E-state index is 0. The molecule has 144 valence electrons. The molecule has 1 aromatic rings. The summed E-state index contributed by atoms with van der Waals surface area (Å²) in [6.07, 6.45) is 2.77. The van der Waals surface area contributed by atoms with E-state index in [-0.39, 0.29) is 35.3 Å². The van der Waals surface area contributed by atoms with Gasteiger partial charge in [-0.3, -0.25) is 9.79 Å². The van der Waals surface area contributed by atoms with E-state index in [9.17, 15) is 4.79 Å². The highest BCUT2D eigenvalue weighted by Gasteiger charge is 2.42. The highest BCUT2D eigenvalue weighted by Crippen LogP contribution is 2.36. The summed E-state index contributed by atoms with van der Waals surface area (Å²) >= 11 is 6.02. The lowest BCUT2D eigenvalue weighted by atomic mass is 9.79. The number of hydrogen-bond acceptors (Lipinski definition) is 3. The Morgan fingerprint density at radius 1 is 1.50 bits per heavy atom. The number of nitrogens with zero attached hydrogens (tertiary/aromatic N) is 2. The fourth-order valence-electron chi connectivity index (χ4n) is 3.80. The van der Waals surface area contributed by atoms with E-state index < -0.39 is 0 Å². The third-order valence-electron chi connectivity index (χ3n) is 5.05. The van der Waals surface area contributed by atoms with Gasteiger partial charge in [0.2, 0.25) is 5.91 Å². The van der Waals surface area contributed by atoms with Crippen molar-refractivity contribution in [3.63, 3.8) is 0 Å². The first kappa shape index (κ1) is 21.1. The van der Waals surface area contributed by atoms with E-state index in [2.05, 4.69) is 20.5 Å². The fourth-order valence-corrected chi connectivity index (χ4v) is 3.96. The summed E-state index contributed by atoms with van der Waals surface area (Å²) in [5.74, 6) is 1.78. The molecule has 1 spiro atoms. The number of benzene rings is 1. The van der Waals surface area contributed by atoms with Gasteiger partial charge in [-0.2, -0.15) is 0 Å². The van der Waals surface area contributed by atoms with Crippen molar-refractivity contribution in [1.82, 2.24) is 15.5 Å². The van der Waals surface area contributed by atoms with Gasteiger partial charge in [-0.25, -0.2) is 0 Å². The summed E-state index contributed by atoms with van der Waals surface area (Å²) in [6.45, 7) is 3.18. The molecule has 2 N–H and O–H groups in total. The monoisotopic (exact) mass is 492 g/mol. The normalized spacial score (nSPS) is 22.8. The molecule has 2 aliphatic heterocycles. The van der Waals surface area contributed by atoms with Gasteiger partial charge >= 0.3 is 0 Å². The number of piperidine rings is 1. The fraction of sp³-hybridized carbons (Fsp3) is 0.556. The maximum Gasteiger partial charge on any atom is 0.220 e. The van der Waals surface area contributed by atoms with Gasteiger partial charge in [-0.1, -0.05) is 17.7 Å². The number of carbonyl (C=O) groups excluding carboxylic acids is 1. The summed E-state index contributed by atoms with van der Waals surface area (Å²) in [5, 5.41) is 7.05. The Morgan fingerprint density at radius 3 is 2.96 bits per heavy atom. The summed E-state index contributed by atoms with van der Waals surface area (Å²) in [6, 6.07) is 5.63. The van der Waals surface area contributed by atoms with Crippen LogP contribution >= 0.6 is 35.6 Å². The lowest BCUT2D eigenvalue weighted by Crippen LogP contribution is -2.51. The zero-order valence-electron chi connectivity index (χ0n) is 15.2. The van der Waals surface area contributed by atoms with Crippen molar-refractivity contribution in [1.29, 1.82) is 0 Å². The maximum absolute atomic E-state index is 11.7. The first-order valence-corrected chi connectivity index (χ1v) is 8.98. The molecular formula is C18H26ClIN4O2. The van der Waals surface area contributed by atoms with Gasteiger partial charge in [0.15, 0.2) is 5.96 Å². The second-order valence-corrected chi connectivity index (χ2v) is 7.27. The van der Waals surface area contributed by atoms with Crippen LogP contribution in [0, 0.1) is 5.41 Å². The molecule has 6 nitrogen and oxygen atoms in total. The quantitative estimate of drug-likeness (QED) is 0.387. The summed E-state index contributed by atoms with van der Waals surface area (Å²) in [7, 11) is 3.43. The van der Waals surface area contributed by atoms with Crippen LogP contribution in [0.1, 0.15) is 24.8 Å². The van der Waals surface area contributed by atoms with Crippen LogP contribution in [0.25, 0.3) is 0 Å². The number of carbonyl (C=O) groups is 1. The van der Waals surface area contributed by atoms with Crippen molar-refractivity contribution in [2.45, 2.75) is 25.8 Å². The predicted octanol–water partition coefficient (Wildman–Crippen LogP) is 2.64. The smallest absolute Gasteiger partial charge is 0.220 e. The number of nitrogens with one attached hydrogen (secondary N) is 2. The molecule has 1 aromatic carbocycles. The van der Waals surface area contributed by atoms with Crippen LogP contribution in [0.3, 0.4) is 0 Å². The predicted molar refractivity (Wildman–Crippen MR) is 114 cm³/mol. The zero-order valence-corrected chi connectivity index (χ0v) is 18.3. The number of aliphatic imine (C=N–C) groups is 1. The molecule has 0 bridgehead atoms. The SMILES string of the molecule is CN=C(NCc1ccc(Cl)cc1OC)N1CCCC2(CNC(=O)C2)C1.I. The Bertz CT molecular complexity index is 685. The standard InChI is InChI=1S/C18H25ClN4O2.HI/c1-20-17(21-10-13-4-5-14(19)8-15(13)25-2)23-7-3-6-18(12-23)9-16(24)22-11-18;/h4-5,8H,3,6-7,9-12H2,1-2H3,(H,20,21)(H,22,24);1H. The minimum absolute atomic E-state index is 0. The van der Waals surface area contributed by atoms with Gasteiger partial charge in [0.25, 0.3) is 0 Å². The van der Waals surface area contributed by atoms with E-state index >= 15 is 0 Å². The van der Waals surface area contributed by atoms with E-state index in [0.717, 1.165) is 49.7 Å². The molecule has 1 unspecified atom stereocenters. The van der Waals surface area contributed by atoms with E-state index in [4.69, 9.17) is 16.3 Å². The van der Waals surface area contributed by atoms with Gasteiger partial charge in [0.05, 0.1) is 7.11 Å². The molecule has 26 heavy (non-hydrogen) atoms. The largest absolute Gasteiger partial charge is 0.496 e. The maximum atomic E-state index is 11.7. The first-order chi connectivity index (χ1) is 12.0. The molecule has 2 saturated heterocycles. The Morgan fingerprint density at radius 2 is 2.31 bits per heavy atom. The molecule has 0 saturated carbocycles. The molecule has 0 radical (unpaired) electrons. The Kier molecular flexibility index (Phi) is 7.40. The highest BCUT2D eigenvalue weighted by atomic mass is 127. The number of halogens is 2. The molecule has 2 heterocycles. The average molecular weight is 493 g/mol. The van der Waals surface area contributed by atoms with Crippen LogP contribution < -0.4 is 15.4 Å². The number of amides is 1. The van der Waals surface area contributed by atoms with Crippen molar-refractivity contribution in [2.24, 2.45) is 10.4 Å². The van der Waals surface area contributed by atoms with E-state index in [1.807, 2.05) is 18.2 Å². The molecule has 1 amide bonds. The number of hydrogen-bond donors (Lipinski definition) is 2. The van der Waals surface area contributed by atoms with Crippen LogP contribution in [0.2, 0.25) is 5.02 Å². The number of likely N-dealkylation sites (tertiary alicyclic amines) is 1. The van der Waals surface area contributed by atoms with Gasteiger partial charge in [-0.15, -0.1) is 24.0 Å². The zero-order chi connectivity index (χ0) is 17.9. The van der Waals surface area contributed by atoms with Crippen LogP contribution in [-0.4, -0.2) is 50.6 Å². The summed E-state index contributed by atoms with van der Waals surface area (Å²) in [4.78, 5) is 18.4. The molecular weight excluding hydrogens is 467 g/mol. The Hall–Kier alpha value is -1.22. The van der Waals surface area contributed by atoms with Crippen molar-refractivity contribution in [2.75, 3.05) is 33.8 Å². The van der Waals surface area contributed by atoms with Gasteiger partial charge in [-0.05, 0) is 25.0 Å². The number of methoxy groups -OCH3 is 1. The number of guanidine groups is 1. The Labute approximate surface area is 176 Å². The lowest BCUT2D eigenvalue weighted by molar-refractivity contribution is -0.119. The van der Waals surface area contributed by atoms with Gasteiger partial charge < -0.3 is 20.3 Å². The molecule has 0 aliphatic carbocycles.